The Bertz CT molecular complexity index is 1230. The van der Waals surface area contributed by atoms with Crippen molar-refractivity contribution in [1.29, 1.82) is 0 Å². The number of nitrogens with zero attached hydrogens (tertiary/aromatic N) is 3. The normalized spacial score (nSPS) is 16.6. The molecule has 140 valence electrons. The molecule has 5 rings (SSSR count). The van der Waals surface area contributed by atoms with Crippen molar-refractivity contribution in [2.24, 2.45) is 4.99 Å². The molecule has 2 aliphatic heterocycles. The molecule has 3 aromatic carbocycles. The van der Waals surface area contributed by atoms with Crippen LogP contribution < -0.4 is 4.90 Å². The first kappa shape index (κ1) is 17.1. The largest absolute Gasteiger partial charge is 0.282 e. The van der Waals surface area contributed by atoms with E-state index in [1.807, 2.05) is 54.6 Å². The molecule has 0 aliphatic carbocycles. The molecule has 2 heterocycles. The van der Waals surface area contributed by atoms with Gasteiger partial charge in [-0.1, -0.05) is 36.4 Å². The van der Waals surface area contributed by atoms with E-state index in [0.717, 1.165) is 21.8 Å². The van der Waals surface area contributed by atoms with Crippen molar-refractivity contribution in [2.75, 3.05) is 11.9 Å². The Kier molecular flexibility index (Phi) is 3.67. The van der Waals surface area contributed by atoms with Crippen molar-refractivity contribution < 1.29 is 14.4 Å². The first-order chi connectivity index (χ1) is 14.1. The highest BCUT2D eigenvalue weighted by Crippen LogP contribution is 2.36. The van der Waals surface area contributed by atoms with Crippen LogP contribution in [0.25, 0.3) is 0 Å². The SMILES string of the molecule is CN1C(=O)c2ccc(N=C3C(=O)N(c4ccccc4)c4ccccc43)cc2C1=O. The Balaban J connectivity index is 1.62. The topological polar surface area (TPSA) is 70.1 Å². The van der Waals surface area contributed by atoms with Gasteiger partial charge in [-0.2, -0.15) is 0 Å². The zero-order chi connectivity index (χ0) is 20.1. The molecule has 0 fully saturated rings. The molecule has 29 heavy (non-hydrogen) atoms. The molecule has 3 aromatic rings. The number of carbonyl (C=O) groups excluding carboxylic acids is 3. The van der Waals surface area contributed by atoms with Gasteiger partial charge in [-0.15, -0.1) is 0 Å². The molecule has 0 saturated heterocycles. The summed E-state index contributed by atoms with van der Waals surface area (Å²) in [6, 6.07) is 21.6. The number of anilines is 2. The Morgan fingerprint density at radius 2 is 1.38 bits per heavy atom. The van der Waals surface area contributed by atoms with E-state index >= 15 is 0 Å². The van der Waals surface area contributed by atoms with Crippen molar-refractivity contribution in [1.82, 2.24) is 4.90 Å². The van der Waals surface area contributed by atoms with Crippen LogP contribution in [0.3, 0.4) is 0 Å². The predicted octanol–water partition coefficient (Wildman–Crippen LogP) is 3.71. The zero-order valence-electron chi connectivity index (χ0n) is 15.5. The quantitative estimate of drug-likeness (QED) is 0.636. The second-order valence-electron chi connectivity index (χ2n) is 6.85. The van der Waals surface area contributed by atoms with E-state index in [4.69, 9.17) is 0 Å². The summed E-state index contributed by atoms with van der Waals surface area (Å²) in [5.74, 6) is -0.935. The summed E-state index contributed by atoms with van der Waals surface area (Å²) in [6.45, 7) is 0. The van der Waals surface area contributed by atoms with Gasteiger partial charge in [0.15, 0.2) is 0 Å². The van der Waals surface area contributed by atoms with Gasteiger partial charge in [0.2, 0.25) is 0 Å². The van der Waals surface area contributed by atoms with Gasteiger partial charge in [-0.05, 0) is 36.4 Å². The summed E-state index contributed by atoms with van der Waals surface area (Å²) < 4.78 is 0. The Labute approximate surface area is 166 Å². The average molecular weight is 381 g/mol. The number of aliphatic imine (C=N–C) groups is 1. The monoisotopic (exact) mass is 381 g/mol. The Morgan fingerprint density at radius 1 is 0.690 bits per heavy atom. The standard InChI is InChI=1S/C23H15N3O3/c1-25-21(27)16-12-11-14(13-18(16)22(25)28)24-20-17-9-5-6-10-19(17)26(23(20)29)15-7-3-2-4-8-15/h2-13H,1H3. The number of benzene rings is 3. The van der Waals surface area contributed by atoms with E-state index in [1.165, 1.54) is 7.05 Å². The molecule has 6 heteroatoms. The average Bonchev–Trinajstić information content (AvgIpc) is 3.15. The first-order valence-electron chi connectivity index (χ1n) is 9.10. The van der Waals surface area contributed by atoms with Crippen LogP contribution in [0.4, 0.5) is 17.1 Å². The summed E-state index contributed by atoms with van der Waals surface area (Å²) in [6.07, 6.45) is 0. The van der Waals surface area contributed by atoms with Crippen LogP contribution in [0.1, 0.15) is 26.3 Å². The van der Waals surface area contributed by atoms with Gasteiger partial charge in [-0.3, -0.25) is 24.2 Å². The van der Waals surface area contributed by atoms with Crippen LogP contribution in [0.15, 0.2) is 77.8 Å². The number of carbonyl (C=O) groups is 3. The highest BCUT2D eigenvalue weighted by Gasteiger charge is 2.36. The van der Waals surface area contributed by atoms with Gasteiger partial charge in [0.25, 0.3) is 17.7 Å². The third-order valence-electron chi connectivity index (χ3n) is 5.13. The zero-order valence-corrected chi connectivity index (χ0v) is 15.5. The summed E-state index contributed by atoms with van der Waals surface area (Å²) >= 11 is 0. The smallest absolute Gasteiger partial charge is 0.277 e. The van der Waals surface area contributed by atoms with Gasteiger partial charge < -0.3 is 0 Å². The molecule has 0 bridgehead atoms. The number of rotatable bonds is 2. The van der Waals surface area contributed by atoms with Crippen molar-refractivity contribution in [3.8, 4) is 0 Å². The molecule has 6 nitrogen and oxygen atoms in total. The molecule has 0 spiro atoms. The number of amides is 3. The molecular formula is C23H15N3O3. The lowest BCUT2D eigenvalue weighted by Gasteiger charge is -2.16. The van der Waals surface area contributed by atoms with Crippen LogP contribution in [-0.2, 0) is 4.79 Å². The van der Waals surface area contributed by atoms with Crippen LogP contribution in [0, 0.1) is 0 Å². The van der Waals surface area contributed by atoms with E-state index in [1.54, 1.807) is 23.1 Å². The Hall–Kier alpha value is -4.06. The minimum atomic E-state index is -0.365. The predicted molar refractivity (Wildman–Crippen MR) is 109 cm³/mol. The maximum atomic E-state index is 13.2. The fourth-order valence-electron chi connectivity index (χ4n) is 3.69. The van der Waals surface area contributed by atoms with Crippen molar-refractivity contribution >= 4 is 40.5 Å². The van der Waals surface area contributed by atoms with E-state index in [-0.39, 0.29) is 17.7 Å². The summed E-state index contributed by atoms with van der Waals surface area (Å²) in [5, 5.41) is 0. The maximum absolute atomic E-state index is 13.2. The lowest BCUT2D eigenvalue weighted by molar-refractivity contribution is -0.111. The summed E-state index contributed by atoms with van der Waals surface area (Å²) in [7, 11) is 1.45. The van der Waals surface area contributed by atoms with Crippen LogP contribution in [-0.4, -0.2) is 35.4 Å². The molecule has 0 N–H and O–H groups in total. The fourth-order valence-corrected chi connectivity index (χ4v) is 3.69. The maximum Gasteiger partial charge on any atom is 0.282 e. The van der Waals surface area contributed by atoms with E-state index < -0.39 is 0 Å². The van der Waals surface area contributed by atoms with Crippen LogP contribution in [0.2, 0.25) is 0 Å². The minimum absolute atomic E-state index is 0.239. The van der Waals surface area contributed by atoms with Gasteiger partial charge in [-0.25, -0.2) is 4.99 Å². The van der Waals surface area contributed by atoms with Crippen molar-refractivity contribution in [3.05, 3.63) is 89.5 Å². The van der Waals surface area contributed by atoms with Gasteiger partial charge in [0.05, 0.1) is 22.5 Å². The highest BCUT2D eigenvalue weighted by atomic mass is 16.2. The van der Waals surface area contributed by atoms with Crippen LogP contribution in [0.5, 0.6) is 0 Å². The number of imide groups is 1. The van der Waals surface area contributed by atoms with E-state index in [0.29, 0.717) is 22.5 Å². The van der Waals surface area contributed by atoms with Gasteiger partial charge >= 0.3 is 0 Å². The molecular weight excluding hydrogens is 366 g/mol. The van der Waals surface area contributed by atoms with Crippen molar-refractivity contribution in [2.45, 2.75) is 0 Å². The molecule has 0 unspecified atom stereocenters. The third kappa shape index (κ3) is 2.50. The number of para-hydroxylation sites is 2. The molecule has 0 saturated carbocycles. The summed E-state index contributed by atoms with van der Waals surface area (Å²) in [4.78, 5) is 44.9. The second-order valence-corrected chi connectivity index (χ2v) is 6.85. The fraction of sp³-hybridized carbons (Fsp3) is 0.0435. The number of hydrogen-bond acceptors (Lipinski definition) is 4. The van der Waals surface area contributed by atoms with E-state index in [9.17, 15) is 14.4 Å². The molecule has 0 atom stereocenters. The summed E-state index contributed by atoms with van der Waals surface area (Å²) in [5.41, 5.74) is 3.65. The highest BCUT2D eigenvalue weighted by molar-refractivity contribution is 6.56. The van der Waals surface area contributed by atoms with Gasteiger partial charge in [0.1, 0.15) is 5.71 Å². The lowest BCUT2D eigenvalue weighted by Crippen LogP contribution is -2.25. The molecule has 2 aliphatic rings. The molecule has 0 radical (unpaired) electrons. The van der Waals surface area contributed by atoms with Crippen LogP contribution >= 0.6 is 0 Å². The Morgan fingerprint density at radius 3 is 2.17 bits per heavy atom. The molecule has 3 amide bonds. The number of hydrogen-bond donors (Lipinski definition) is 0. The van der Waals surface area contributed by atoms with E-state index in [2.05, 4.69) is 4.99 Å². The molecule has 0 aromatic heterocycles. The first-order valence-corrected chi connectivity index (χ1v) is 9.10. The van der Waals surface area contributed by atoms with Crippen molar-refractivity contribution in [3.63, 3.8) is 0 Å². The lowest BCUT2D eigenvalue weighted by atomic mass is 10.1. The van der Waals surface area contributed by atoms with Gasteiger partial charge in [0, 0.05) is 18.3 Å². The third-order valence-corrected chi connectivity index (χ3v) is 5.13. The second kappa shape index (κ2) is 6.24. The number of fused-ring (bicyclic) bond motifs is 2. The minimum Gasteiger partial charge on any atom is -0.277 e.